The van der Waals surface area contributed by atoms with Crippen LogP contribution in [0.4, 0.5) is 8.78 Å². The SMILES string of the molecule is COc1c(C)cc2c(c1O)[C@@H]1C3Cc4c(OC(C)=O)c(C)c5c(c4[C@H](CNC(=O)[C@@H](C)NC(=O)/C=C/c4cccc(C(F)F)c4)N3[C@@H](C#N)[C@@H](C2)N1C)OCO5. The van der Waals surface area contributed by atoms with E-state index in [-0.39, 0.29) is 37.1 Å². The summed E-state index contributed by atoms with van der Waals surface area (Å²) in [6, 6.07) is 6.50. The largest absolute Gasteiger partial charge is 0.504 e. The van der Waals surface area contributed by atoms with E-state index in [9.17, 15) is 33.5 Å². The molecular formula is C41H43F2N5O8. The number of nitrogens with one attached hydrogen (secondary N) is 2. The predicted molar refractivity (Wildman–Crippen MR) is 199 cm³/mol. The van der Waals surface area contributed by atoms with Gasteiger partial charge >= 0.3 is 5.97 Å². The Labute approximate surface area is 322 Å². The molecule has 15 heteroatoms. The molecule has 1 unspecified atom stereocenters. The first kappa shape index (κ1) is 38.6. The Bertz CT molecular complexity index is 2190. The molecule has 0 radical (unpaired) electrons. The van der Waals surface area contributed by atoms with Gasteiger partial charge in [-0.2, -0.15) is 5.26 Å². The number of aryl methyl sites for hydroxylation is 1. The van der Waals surface area contributed by atoms with Crippen molar-refractivity contribution in [3.63, 3.8) is 0 Å². The number of methoxy groups -OCH3 is 1. The highest BCUT2D eigenvalue weighted by molar-refractivity contribution is 5.95. The number of alkyl halides is 2. The number of aromatic hydroxyl groups is 1. The zero-order chi connectivity index (χ0) is 40.2. The Kier molecular flexibility index (Phi) is 10.4. The number of likely N-dealkylation sites (N-methyl/N-ethyl adjacent to an activating group) is 1. The topological polar surface area (TPSA) is 163 Å². The van der Waals surface area contributed by atoms with Gasteiger partial charge in [0.25, 0.3) is 6.43 Å². The third kappa shape index (κ3) is 6.56. The van der Waals surface area contributed by atoms with Gasteiger partial charge in [-0.05, 0) is 69.5 Å². The van der Waals surface area contributed by atoms with Crippen LogP contribution in [0.2, 0.25) is 0 Å². The molecule has 4 aliphatic rings. The van der Waals surface area contributed by atoms with E-state index in [0.29, 0.717) is 57.2 Å². The van der Waals surface area contributed by atoms with E-state index in [4.69, 9.17) is 18.9 Å². The molecular weight excluding hydrogens is 728 g/mol. The first-order valence-corrected chi connectivity index (χ1v) is 18.3. The molecule has 13 nitrogen and oxygen atoms in total. The number of phenolic OH excluding ortho intramolecular Hbond substituents is 1. The zero-order valence-electron chi connectivity index (χ0n) is 31.8. The molecule has 1 saturated heterocycles. The van der Waals surface area contributed by atoms with Gasteiger partial charge in [-0.3, -0.25) is 24.2 Å². The number of ether oxygens (including phenoxy) is 4. The quantitative estimate of drug-likeness (QED) is 0.157. The smallest absolute Gasteiger partial charge is 0.308 e. The fraction of sp³-hybridized carbons (Fsp3) is 0.415. The summed E-state index contributed by atoms with van der Waals surface area (Å²) >= 11 is 0. The lowest BCUT2D eigenvalue weighted by molar-refractivity contribution is -0.132. The van der Waals surface area contributed by atoms with Crippen molar-refractivity contribution in [3.8, 4) is 34.8 Å². The number of esters is 1. The van der Waals surface area contributed by atoms with E-state index < -0.39 is 54.4 Å². The lowest BCUT2D eigenvalue weighted by Gasteiger charge is -2.60. The molecule has 3 aromatic rings. The van der Waals surface area contributed by atoms with Gasteiger partial charge in [0.15, 0.2) is 23.0 Å². The maximum absolute atomic E-state index is 13.7. The highest BCUT2D eigenvalue weighted by atomic mass is 19.3. The van der Waals surface area contributed by atoms with Crippen LogP contribution in [0.15, 0.2) is 36.4 Å². The number of nitriles is 1. The fourth-order valence-electron chi connectivity index (χ4n) is 8.96. The third-order valence-corrected chi connectivity index (χ3v) is 11.3. The Morgan fingerprint density at radius 3 is 2.55 bits per heavy atom. The molecule has 0 saturated carbocycles. The summed E-state index contributed by atoms with van der Waals surface area (Å²) < 4.78 is 49.8. The first-order valence-electron chi connectivity index (χ1n) is 18.3. The number of hydrogen-bond donors (Lipinski definition) is 3. The Balaban J connectivity index is 1.26. The summed E-state index contributed by atoms with van der Waals surface area (Å²) in [6.45, 7) is 6.33. The number of carbonyl (C=O) groups excluding carboxylic acids is 3. The summed E-state index contributed by atoms with van der Waals surface area (Å²) in [7, 11) is 3.44. The van der Waals surface area contributed by atoms with Crippen molar-refractivity contribution in [2.24, 2.45) is 0 Å². The second kappa shape index (κ2) is 15.1. The predicted octanol–water partition coefficient (Wildman–Crippen LogP) is 4.71. The second-order valence-electron chi connectivity index (χ2n) is 14.6. The van der Waals surface area contributed by atoms with E-state index in [1.165, 1.54) is 51.3 Å². The van der Waals surface area contributed by atoms with Gasteiger partial charge in [-0.1, -0.05) is 24.3 Å². The molecule has 0 aliphatic carbocycles. The minimum Gasteiger partial charge on any atom is -0.504 e. The number of amides is 2. The van der Waals surface area contributed by atoms with Crippen molar-refractivity contribution in [3.05, 3.63) is 80.9 Å². The third-order valence-electron chi connectivity index (χ3n) is 11.3. The molecule has 6 atom stereocenters. The van der Waals surface area contributed by atoms with Gasteiger partial charge in [-0.25, -0.2) is 8.78 Å². The Hall–Kier alpha value is -5.72. The lowest BCUT2D eigenvalue weighted by Crippen LogP contribution is -2.69. The van der Waals surface area contributed by atoms with Crippen molar-refractivity contribution in [2.45, 2.75) is 83.2 Å². The monoisotopic (exact) mass is 771 g/mol. The van der Waals surface area contributed by atoms with Crippen LogP contribution in [0.1, 0.15) is 76.9 Å². The highest BCUT2D eigenvalue weighted by Gasteiger charge is 2.57. The number of nitrogens with zero attached hydrogens (tertiary/aromatic N) is 3. The molecule has 2 bridgehead atoms. The molecule has 56 heavy (non-hydrogen) atoms. The number of piperazine rings is 1. The van der Waals surface area contributed by atoms with E-state index in [0.717, 1.165) is 11.1 Å². The molecule has 4 aliphatic heterocycles. The van der Waals surface area contributed by atoms with Crippen LogP contribution < -0.4 is 29.6 Å². The van der Waals surface area contributed by atoms with Crippen molar-refractivity contribution in [1.82, 2.24) is 20.4 Å². The van der Waals surface area contributed by atoms with Crippen molar-refractivity contribution in [2.75, 3.05) is 27.5 Å². The standard InChI is InChI=1S/C41H43F2N5O8/c1-19-12-25-14-27-29(16-44)48-28(34(47(27)5)32(25)35(51)36(19)53-6)15-26-33(39-38(54-18-55-39)20(2)37(26)56-22(4)49)30(48)17-45-41(52)21(3)46-31(50)11-10-23-8-7-9-24(13-23)40(42)43/h7-13,21,27-30,34,40,51H,14-15,17-18H2,1-6H3,(H,45,52)(H,46,50)/b11-10+/t21-,27-,28?,29+,30+,34+/m1/s1. The van der Waals surface area contributed by atoms with Gasteiger partial charge < -0.3 is 34.7 Å². The number of phenols is 1. The van der Waals surface area contributed by atoms with E-state index in [1.807, 2.05) is 20.0 Å². The van der Waals surface area contributed by atoms with Gasteiger partial charge in [0.05, 0.1) is 25.3 Å². The van der Waals surface area contributed by atoms with Crippen LogP contribution in [-0.4, -0.2) is 84.4 Å². The fourth-order valence-corrected chi connectivity index (χ4v) is 8.96. The van der Waals surface area contributed by atoms with E-state index >= 15 is 0 Å². The summed E-state index contributed by atoms with van der Waals surface area (Å²) in [5.41, 5.74) is 4.40. The molecule has 0 aromatic heterocycles. The van der Waals surface area contributed by atoms with Crippen molar-refractivity contribution >= 4 is 23.9 Å². The average molecular weight is 772 g/mol. The van der Waals surface area contributed by atoms with Gasteiger partial charge in [-0.15, -0.1) is 0 Å². The number of carbonyl (C=O) groups is 3. The maximum Gasteiger partial charge on any atom is 0.308 e. The number of hydrogen-bond acceptors (Lipinski definition) is 11. The number of halogens is 2. The summed E-state index contributed by atoms with van der Waals surface area (Å²) in [5.74, 6) is -0.172. The number of fused-ring (bicyclic) bond motifs is 9. The van der Waals surface area contributed by atoms with Crippen LogP contribution in [0, 0.1) is 25.2 Å². The highest BCUT2D eigenvalue weighted by Crippen LogP contribution is 2.58. The summed E-state index contributed by atoms with van der Waals surface area (Å²) in [5, 5.41) is 28.3. The molecule has 294 valence electrons. The molecule has 2 amide bonds. The first-order chi connectivity index (χ1) is 26.7. The van der Waals surface area contributed by atoms with Gasteiger partial charge in [0.1, 0.15) is 17.8 Å². The normalized spacial score (nSPS) is 22.8. The lowest BCUT2D eigenvalue weighted by atomic mass is 9.71. The maximum atomic E-state index is 13.7. The van der Waals surface area contributed by atoms with Crippen LogP contribution in [0.25, 0.3) is 6.08 Å². The van der Waals surface area contributed by atoms with Gasteiger partial charge in [0.2, 0.25) is 18.6 Å². The molecule has 7 rings (SSSR count). The second-order valence-corrected chi connectivity index (χ2v) is 14.6. The number of rotatable bonds is 9. The molecule has 0 spiro atoms. The number of benzene rings is 3. The average Bonchev–Trinajstić information content (AvgIpc) is 3.65. The Morgan fingerprint density at radius 1 is 1.11 bits per heavy atom. The minimum atomic E-state index is -2.66. The Morgan fingerprint density at radius 2 is 1.86 bits per heavy atom. The summed E-state index contributed by atoms with van der Waals surface area (Å²) in [6.07, 6.45) is 0.638. The van der Waals surface area contributed by atoms with E-state index in [1.54, 1.807) is 13.0 Å². The van der Waals surface area contributed by atoms with Crippen LogP contribution in [-0.2, 0) is 27.2 Å². The van der Waals surface area contributed by atoms with Crippen LogP contribution in [0.3, 0.4) is 0 Å². The molecule has 3 aromatic carbocycles. The van der Waals surface area contributed by atoms with Crippen LogP contribution >= 0.6 is 0 Å². The summed E-state index contributed by atoms with van der Waals surface area (Å²) in [4.78, 5) is 43.3. The van der Waals surface area contributed by atoms with Crippen molar-refractivity contribution in [1.29, 1.82) is 5.26 Å². The van der Waals surface area contributed by atoms with Gasteiger partial charge in [0, 0.05) is 59.4 Å². The van der Waals surface area contributed by atoms with Crippen molar-refractivity contribution < 1.29 is 47.2 Å². The molecule has 1 fully saturated rings. The molecule has 4 heterocycles. The zero-order valence-corrected chi connectivity index (χ0v) is 31.8. The van der Waals surface area contributed by atoms with Crippen LogP contribution in [0.5, 0.6) is 28.7 Å². The molecule has 3 N–H and O–H groups in total. The van der Waals surface area contributed by atoms with E-state index in [2.05, 4.69) is 26.5 Å². The minimum absolute atomic E-state index is 0.0197.